The van der Waals surface area contributed by atoms with Crippen LogP contribution in [-0.2, 0) is 11.3 Å². The lowest BCUT2D eigenvalue weighted by atomic mass is 10.1. The van der Waals surface area contributed by atoms with Crippen molar-refractivity contribution in [3.05, 3.63) is 54.6 Å². The number of ether oxygens (including phenoxy) is 1. The van der Waals surface area contributed by atoms with Gasteiger partial charge in [0, 0.05) is 34.3 Å². The molecule has 0 aliphatic carbocycles. The number of fused-ring (bicyclic) bond motifs is 1. The molecule has 4 aromatic rings. The van der Waals surface area contributed by atoms with Gasteiger partial charge in [-0.05, 0) is 24.3 Å². The number of carboxylic acid groups (broad SMARTS) is 1. The van der Waals surface area contributed by atoms with E-state index in [9.17, 15) is 23.5 Å². The van der Waals surface area contributed by atoms with Gasteiger partial charge in [-0.3, -0.25) is 14.3 Å². The number of rotatable bonds is 9. The molecule has 0 saturated heterocycles. The first-order chi connectivity index (χ1) is 16.7. The van der Waals surface area contributed by atoms with Gasteiger partial charge >= 0.3 is 12.6 Å². The molecule has 0 saturated carbocycles. The van der Waals surface area contributed by atoms with E-state index in [0.29, 0.717) is 5.65 Å². The third-order valence-electron chi connectivity index (χ3n) is 4.63. The number of benzene rings is 1. The van der Waals surface area contributed by atoms with Gasteiger partial charge < -0.3 is 15.2 Å². The Labute approximate surface area is 201 Å². The van der Waals surface area contributed by atoms with Gasteiger partial charge in [-0.2, -0.15) is 19.0 Å². The van der Waals surface area contributed by atoms with E-state index in [1.165, 1.54) is 40.9 Å². The number of thioether (sulfide) groups is 1. The van der Waals surface area contributed by atoms with Crippen LogP contribution in [-0.4, -0.2) is 53.2 Å². The Morgan fingerprint density at radius 1 is 1.29 bits per heavy atom. The molecule has 0 aliphatic heterocycles. The monoisotopic (exact) mass is 502 g/mol. The van der Waals surface area contributed by atoms with E-state index < -0.39 is 25.0 Å². The Morgan fingerprint density at radius 2 is 2.09 bits per heavy atom. The van der Waals surface area contributed by atoms with Crippen LogP contribution in [0.2, 0.25) is 0 Å². The average Bonchev–Trinajstić information content (AvgIpc) is 3.37. The van der Waals surface area contributed by atoms with E-state index in [2.05, 4.69) is 20.5 Å². The van der Waals surface area contributed by atoms with Gasteiger partial charge in [0.2, 0.25) is 0 Å². The largest absolute Gasteiger partial charge is 0.480 e. The van der Waals surface area contributed by atoms with Crippen LogP contribution in [0.25, 0.3) is 16.9 Å². The second-order valence-electron chi connectivity index (χ2n) is 7.59. The molecule has 3 aromatic heterocycles. The summed E-state index contributed by atoms with van der Waals surface area (Å²) in [5, 5.41) is 20.4. The zero-order valence-electron chi connectivity index (χ0n) is 18.6. The standard InChI is InChI=1S/C22H20F2N6O4S/c1-12(2)35-13-4-5-17(34-22(23)24)14(8-13)19-16(10-29(28-19)11-18(31)32)27-21(33)15-9-26-30-7-3-6-25-20(15)30/h3-10,12,22H,11H2,1-2H3,(H,27,33)(H,31,32). The van der Waals surface area contributed by atoms with Gasteiger partial charge in [-0.25, -0.2) is 9.50 Å². The van der Waals surface area contributed by atoms with Gasteiger partial charge in [-0.15, -0.1) is 11.8 Å². The molecule has 0 aliphatic rings. The number of carboxylic acids is 1. The van der Waals surface area contributed by atoms with E-state index in [-0.39, 0.29) is 33.5 Å². The molecule has 13 heteroatoms. The molecule has 4 rings (SSSR count). The zero-order valence-corrected chi connectivity index (χ0v) is 19.4. The molecule has 0 spiro atoms. The molecule has 10 nitrogen and oxygen atoms in total. The van der Waals surface area contributed by atoms with E-state index in [1.807, 2.05) is 13.8 Å². The van der Waals surface area contributed by atoms with Crippen LogP contribution in [0.5, 0.6) is 5.75 Å². The first-order valence-electron chi connectivity index (χ1n) is 10.4. The van der Waals surface area contributed by atoms with E-state index in [0.717, 1.165) is 9.58 Å². The quantitative estimate of drug-likeness (QED) is 0.329. The molecule has 2 N–H and O–H groups in total. The summed E-state index contributed by atoms with van der Waals surface area (Å²) in [6, 6.07) is 6.30. The summed E-state index contributed by atoms with van der Waals surface area (Å²) in [5.74, 6) is -1.92. The van der Waals surface area contributed by atoms with Crippen LogP contribution in [0.15, 0.2) is 53.9 Å². The van der Waals surface area contributed by atoms with Crippen molar-refractivity contribution in [2.24, 2.45) is 0 Å². The maximum Gasteiger partial charge on any atom is 0.387 e. The predicted octanol–water partition coefficient (Wildman–Crippen LogP) is 4.03. The minimum Gasteiger partial charge on any atom is -0.480 e. The van der Waals surface area contributed by atoms with Crippen LogP contribution in [0.4, 0.5) is 14.5 Å². The first-order valence-corrected chi connectivity index (χ1v) is 11.2. The van der Waals surface area contributed by atoms with Crippen molar-refractivity contribution >= 4 is 35.0 Å². The Hall–Kier alpha value is -4.00. The number of aliphatic carboxylic acids is 1. The number of carbonyl (C=O) groups is 2. The fourth-order valence-corrected chi connectivity index (χ4v) is 4.22. The van der Waals surface area contributed by atoms with Crippen LogP contribution in [0.3, 0.4) is 0 Å². The highest BCUT2D eigenvalue weighted by molar-refractivity contribution is 7.99. The molecule has 0 fully saturated rings. The van der Waals surface area contributed by atoms with E-state index >= 15 is 0 Å². The van der Waals surface area contributed by atoms with Gasteiger partial charge in [0.05, 0.1) is 11.9 Å². The Morgan fingerprint density at radius 3 is 2.80 bits per heavy atom. The molecule has 0 unspecified atom stereocenters. The topological polar surface area (TPSA) is 124 Å². The molecular weight excluding hydrogens is 482 g/mol. The predicted molar refractivity (Wildman–Crippen MR) is 124 cm³/mol. The molecule has 3 heterocycles. The molecule has 0 radical (unpaired) electrons. The van der Waals surface area contributed by atoms with Crippen LogP contribution in [0.1, 0.15) is 24.2 Å². The summed E-state index contributed by atoms with van der Waals surface area (Å²) in [7, 11) is 0. The first kappa shape index (κ1) is 24.1. The Balaban J connectivity index is 1.79. The van der Waals surface area contributed by atoms with Crippen LogP contribution < -0.4 is 10.1 Å². The SMILES string of the molecule is CC(C)Sc1ccc(OC(F)F)c(-c2nn(CC(=O)O)cc2NC(=O)c2cnn3cccnc23)c1. The number of anilines is 1. The lowest BCUT2D eigenvalue weighted by Crippen LogP contribution is -2.12. The van der Waals surface area contributed by atoms with Gasteiger partial charge in [-0.1, -0.05) is 13.8 Å². The lowest BCUT2D eigenvalue weighted by molar-refractivity contribution is -0.137. The van der Waals surface area contributed by atoms with Crippen molar-refractivity contribution in [1.29, 1.82) is 0 Å². The summed E-state index contributed by atoms with van der Waals surface area (Å²) in [4.78, 5) is 29.2. The highest BCUT2D eigenvalue weighted by Crippen LogP contribution is 2.38. The van der Waals surface area contributed by atoms with Gasteiger partial charge in [0.15, 0.2) is 5.65 Å². The second-order valence-corrected chi connectivity index (χ2v) is 9.24. The van der Waals surface area contributed by atoms with E-state index in [4.69, 9.17) is 4.74 Å². The van der Waals surface area contributed by atoms with Crippen molar-refractivity contribution in [3.63, 3.8) is 0 Å². The number of halogens is 2. The summed E-state index contributed by atoms with van der Waals surface area (Å²) < 4.78 is 33.5. The highest BCUT2D eigenvalue weighted by atomic mass is 32.2. The summed E-state index contributed by atoms with van der Waals surface area (Å²) in [6.07, 6.45) is 5.79. The minimum atomic E-state index is -3.10. The summed E-state index contributed by atoms with van der Waals surface area (Å²) >= 11 is 1.49. The molecule has 0 bridgehead atoms. The fraction of sp³-hybridized carbons (Fsp3) is 0.227. The molecule has 35 heavy (non-hydrogen) atoms. The average molecular weight is 503 g/mol. The number of nitrogens with zero attached hydrogens (tertiary/aromatic N) is 5. The Bertz CT molecular complexity index is 1390. The lowest BCUT2D eigenvalue weighted by Gasteiger charge is -2.13. The van der Waals surface area contributed by atoms with Gasteiger partial charge in [0.1, 0.15) is 23.6 Å². The van der Waals surface area contributed by atoms with Crippen LogP contribution >= 0.6 is 11.8 Å². The zero-order chi connectivity index (χ0) is 25.1. The molecule has 0 atom stereocenters. The number of hydrogen-bond donors (Lipinski definition) is 2. The third kappa shape index (κ3) is 5.57. The number of carbonyl (C=O) groups excluding carboxylic acids is 1. The number of hydrogen-bond acceptors (Lipinski definition) is 7. The molecule has 182 valence electrons. The highest BCUT2D eigenvalue weighted by Gasteiger charge is 2.23. The normalized spacial score (nSPS) is 11.4. The number of nitrogens with one attached hydrogen (secondary N) is 1. The van der Waals surface area contributed by atoms with E-state index in [1.54, 1.807) is 24.4 Å². The fourth-order valence-electron chi connectivity index (χ4n) is 3.35. The number of aromatic nitrogens is 5. The number of alkyl halides is 2. The van der Waals surface area contributed by atoms with Crippen molar-refractivity contribution < 1.29 is 28.2 Å². The van der Waals surface area contributed by atoms with Crippen LogP contribution in [0, 0.1) is 0 Å². The smallest absolute Gasteiger partial charge is 0.387 e. The third-order valence-corrected chi connectivity index (χ3v) is 5.62. The molecular formula is C22H20F2N6O4S. The van der Waals surface area contributed by atoms with Crippen molar-refractivity contribution in [1.82, 2.24) is 24.4 Å². The maximum absolute atomic E-state index is 13.1. The maximum atomic E-state index is 13.1. The number of amides is 1. The molecule has 1 aromatic carbocycles. The Kier molecular flexibility index (Phi) is 6.96. The summed E-state index contributed by atoms with van der Waals surface area (Å²) in [6.45, 7) is 0.352. The van der Waals surface area contributed by atoms with Crippen molar-refractivity contribution in [3.8, 4) is 17.0 Å². The summed E-state index contributed by atoms with van der Waals surface area (Å²) in [5.41, 5.74) is 0.828. The second kappa shape index (κ2) is 10.1. The van der Waals surface area contributed by atoms with Crippen molar-refractivity contribution in [2.45, 2.75) is 37.1 Å². The van der Waals surface area contributed by atoms with Gasteiger partial charge in [0.25, 0.3) is 5.91 Å². The molecule has 1 amide bonds. The van der Waals surface area contributed by atoms with Crippen molar-refractivity contribution in [2.75, 3.05) is 5.32 Å². The minimum absolute atomic E-state index is 0.0749.